The SMILES string of the molecule is COC(=O)c1ccc2c(c1)c1c(n2CCN)CCC(C)C1. The first-order chi connectivity index (χ1) is 10.2. The van der Waals surface area contributed by atoms with Gasteiger partial charge in [-0.25, -0.2) is 4.79 Å². The Hall–Kier alpha value is -1.81. The van der Waals surface area contributed by atoms with Gasteiger partial charge >= 0.3 is 5.97 Å². The fourth-order valence-corrected chi connectivity index (χ4v) is 3.45. The van der Waals surface area contributed by atoms with Crippen LogP contribution in [0.4, 0.5) is 0 Å². The number of nitrogens with two attached hydrogens (primary N) is 1. The number of methoxy groups -OCH3 is 1. The van der Waals surface area contributed by atoms with Gasteiger partial charge in [0, 0.05) is 29.7 Å². The van der Waals surface area contributed by atoms with Crippen molar-refractivity contribution in [3.8, 4) is 0 Å². The molecule has 0 amide bonds. The molecule has 1 aliphatic carbocycles. The van der Waals surface area contributed by atoms with E-state index < -0.39 is 0 Å². The van der Waals surface area contributed by atoms with Gasteiger partial charge in [-0.1, -0.05) is 6.92 Å². The zero-order valence-electron chi connectivity index (χ0n) is 12.7. The lowest BCUT2D eigenvalue weighted by atomic mass is 9.87. The summed E-state index contributed by atoms with van der Waals surface area (Å²) in [7, 11) is 1.42. The van der Waals surface area contributed by atoms with Crippen LogP contribution in [-0.4, -0.2) is 24.2 Å². The zero-order chi connectivity index (χ0) is 15.0. The third-order valence-corrected chi connectivity index (χ3v) is 4.49. The Kier molecular flexibility index (Phi) is 3.72. The Morgan fingerprint density at radius 3 is 3.00 bits per heavy atom. The van der Waals surface area contributed by atoms with Gasteiger partial charge in [0.1, 0.15) is 0 Å². The minimum Gasteiger partial charge on any atom is -0.465 e. The van der Waals surface area contributed by atoms with Crippen molar-refractivity contribution in [2.75, 3.05) is 13.7 Å². The van der Waals surface area contributed by atoms with Crippen LogP contribution in [0, 0.1) is 5.92 Å². The Morgan fingerprint density at radius 1 is 1.48 bits per heavy atom. The maximum Gasteiger partial charge on any atom is 0.337 e. The van der Waals surface area contributed by atoms with E-state index in [-0.39, 0.29) is 5.97 Å². The van der Waals surface area contributed by atoms with Crippen molar-refractivity contribution in [2.24, 2.45) is 11.7 Å². The van der Waals surface area contributed by atoms with Gasteiger partial charge in [0.05, 0.1) is 12.7 Å². The van der Waals surface area contributed by atoms with Gasteiger partial charge in [-0.05, 0) is 48.9 Å². The molecule has 2 N–H and O–H groups in total. The molecule has 0 saturated carbocycles. The van der Waals surface area contributed by atoms with E-state index in [1.807, 2.05) is 18.2 Å². The van der Waals surface area contributed by atoms with Gasteiger partial charge in [0.2, 0.25) is 0 Å². The van der Waals surface area contributed by atoms with Crippen LogP contribution >= 0.6 is 0 Å². The minimum absolute atomic E-state index is 0.277. The van der Waals surface area contributed by atoms with Crippen LogP contribution < -0.4 is 5.73 Å². The molecule has 0 radical (unpaired) electrons. The number of ether oxygens (including phenoxy) is 1. The summed E-state index contributed by atoms with van der Waals surface area (Å²) < 4.78 is 7.17. The largest absolute Gasteiger partial charge is 0.465 e. The molecule has 21 heavy (non-hydrogen) atoms. The normalized spacial score (nSPS) is 17.8. The molecule has 0 spiro atoms. The zero-order valence-corrected chi connectivity index (χ0v) is 12.7. The second-order valence-corrected chi connectivity index (χ2v) is 5.94. The average Bonchev–Trinajstić information content (AvgIpc) is 2.80. The Labute approximate surface area is 124 Å². The maximum atomic E-state index is 11.8. The predicted octanol–water partition coefficient (Wildman–Crippen LogP) is 2.51. The molecule has 0 fully saturated rings. The number of carbonyl (C=O) groups excluding carboxylic acids is 1. The third kappa shape index (κ3) is 2.33. The van der Waals surface area contributed by atoms with Gasteiger partial charge in [-0.15, -0.1) is 0 Å². The first kappa shape index (κ1) is 14.1. The molecule has 1 atom stereocenters. The quantitative estimate of drug-likeness (QED) is 0.882. The van der Waals surface area contributed by atoms with E-state index in [1.54, 1.807) is 0 Å². The van der Waals surface area contributed by atoms with E-state index in [0.717, 1.165) is 19.4 Å². The van der Waals surface area contributed by atoms with Crippen molar-refractivity contribution in [3.63, 3.8) is 0 Å². The van der Waals surface area contributed by atoms with Crippen molar-refractivity contribution in [1.29, 1.82) is 0 Å². The highest BCUT2D eigenvalue weighted by atomic mass is 16.5. The van der Waals surface area contributed by atoms with Crippen LogP contribution in [-0.2, 0) is 24.1 Å². The molecule has 1 heterocycles. The second-order valence-electron chi connectivity index (χ2n) is 5.94. The van der Waals surface area contributed by atoms with Crippen LogP contribution in [0.25, 0.3) is 10.9 Å². The molecule has 3 rings (SSSR count). The van der Waals surface area contributed by atoms with E-state index in [9.17, 15) is 4.79 Å². The molecule has 4 heteroatoms. The molecule has 0 bridgehead atoms. The molecule has 112 valence electrons. The molecule has 1 unspecified atom stereocenters. The highest BCUT2D eigenvalue weighted by Gasteiger charge is 2.23. The van der Waals surface area contributed by atoms with E-state index in [0.29, 0.717) is 18.0 Å². The monoisotopic (exact) mass is 286 g/mol. The summed E-state index contributed by atoms with van der Waals surface area (Å²) in [6.45, 7) is 3.75. The van der Waals surface area contributed by atoms with Crippen LogP contribution in [0.5, 0.6) is 0 Å². The first-order valence-corrected chi connectivity index (χ1v) is 7.58. The topological polar surface area (TPSA) is 57.2 Å². The summed E-state index contributed by atoms with van der Waals surface area (Å²) in [6.07, 6.45) is 3.39. The molecule has 0 aliphatic heterocycles. The summed E-state index contributed by atoms with van der Waals surface area (Å²) in [5.74, 6) is 0.414. The summed E-state index contributed by atoms with van der Waals surface area (Å²) in [4.78, 5) is 11.8. The van der Waals surface area contributed by atoms with Crippen LogP contribution in [0.15, 0.2) is 18.2 Å². The molecule has 0 saturated heterocycles. The van der Waals surface area contributed by atoms with Crippen LogP contribution in [0.2, 0.25) is 0 Å². The lowest BCUT2D eigenvalue weighted by Crippen LogP contribution is -2.17. The highest BCUT2D eigenvalue weighted by molar-refractivity contribution is 5.96. The molecular weight excluding hydrogens is 264 g/mol. The van der Waals surface area contributed by atoms with Gasteiger partial charge in [-0.2, -0.15) is 0 Å². The van der Waals surface area contributed by atoms with Gasteiger partial charge in [0.15, 0.2) is 0 Å². The first-order valence-electron chi connectivity index (χ1n) is 7.58. The fraction of sp³-hybridized carbons (Fsp3) is 0.471. The Balaban J connectivity index is 2.21. The number of aromatic nitrogens is 1. The number of hydrogen-bond acceptors (Lipinski definition) is 3. The van der Waals surface area contributed by atoms with Crippen molar-refractivity contribution in [2.45, 2.75) is 32.7 Å². The smallest absolute Gasteiger partial charge is 0.337 e. The summed E-state index contributed by atoms with van der Waals surface area (Å²) >= 11 is 0. The number of esters is 1. The molecule has 2 aromatic rings. The average molecular weight is 286 g/mol. The summed E-state index contributed by atoms with van der Waals surface area (Å²) in [5, 5.41) is 1.19. The lowest BCUT2D eigenvalue weighted by Gasteiger charge is -2.20. The summed E-state index contributed by atoms with van der Waals surface area (Å²) in [6, 6.07) is 5.85. The van der Waals surface area contributed by atoms with Crippen LogP contribution in [0.3, 0.4) is 0 Å². The lowest BCUT2D eigenvalue weighted by molar-refractivity contribution is 0.0601. The molecule has 1 aromatic heterocycles. The number of rotatable bonds is 3. The fourth-order valence-electron chi connectivity index (χ4n) is 3.45. The standard InChI is InChI=1S/C17H22N2O2/c1-11-3-5-15-13(9-11)14-10-12(17(20)21-2)4-6-16(14)19(15)8-7-18/h4,6,10-11H,3,5,7-9,18H2,1-2H3. The number of fused-ring (bicyclic) bond motifs is 3. The predicted molar refractivity (Wildman–Crippen MR) is 83.5 cm³/mol. The second kappa shape index (κ2) is 5.53. The van der Waals surface area contributed by atoms with Crippen LogP contribution in [0.1, 0.15) is 35.0 Å². The molecule has 1 aromatic carbocycles. The van der Waals surface area contributed by atoms with E-state index in [2.05, 4.69) is 11.5 Å². The Bertz CT molecular complexity index is 688. The number of nitrogens with zero attached hydrogens (tertiary/aromatic N) is 1. The van der Waals surface area contributed by atoms with E-state index >= 15 is 0 Å². The number of hydrogen-bond donors (Lipinski definition) is 1. The van der Waals surface area contributed by atoms with Crippen molar-refractivity contribution in [3.05, 3.63) is 35.0 Å². The van der Waals surface area contributed by atoms with Gasteiger partial charge in [0.25, 0.3) is 0 Å². The van der Waals surface area contributed by atoms with Gasteiger partial charge in [-0.3, -0.25) is 0 Å². The highest BCUT2D eigenvalue weighted by Crippen LogP contribution is 2.34. The van der Waals surface area contributed by atoms with Crippen molar-refractivity contribution >= 4 is 16.9 Å². The Morgan fingerprint density at radius 2 is 2.29 bits per heavy atom. The maximum absolute atomic E-state index is 11.8. The van der Waals surface area contributed by atoms with E-state index in [1.165, 1.54) is 35.7 Å². The number of carbonyl (C=O) groups is 1. The molecule has 1 aliphatic rings. The third-order valence-electron chi connectivity index (χ3n) is 4.49. The van der Waals surface area contributed by atoms with Crippen molar-refractivity contribution < 1.29 is 9.53 Å². The minimum atomic E-state index is -0.277. The van der Waals surface area contributed by atoms with E-state index in [4.69, 9.17) is 10.5 Å². The van der Waals surface area contributed by atoms with Gasteiger partial charge < -0.3 is 15.0 Å². The molecule has 4 nitrogen and oxygen atoms in total. The molecular formula is C17H22N2O2. The summed E-state index contributed by atoms with van der Waals surface area (Å²) in [5.41, 5.74) is 10.4. The van der Waals surface area contributed by atoms with Crippen molar-refractivity contribution in [1.82, 2.24) is 4.57 Å². The number of benzene rings is 1.